The smallest absolute Gasteiger partial charge is 0.0853 e. The number of benzene rings is 1. The zero-order valence-electron chi connectivity index (χ0n) is 10.2. The molecule has 3 nitrogen and oxygen atoms in total. The maximum atomic E-state index is 2.23. The molecule has 0 N–H and O–H groups in total. The summed E-state index contributed by atoms with van der Waals surface area (Å²) in [6.45, 7) is 8.66. The lowest BCUT2D eigenvalue weighted by atomic mass is 10.1. The van der Waals surface area contributed by atoms with Crippen molar-refractivity contribution < 1.29 is 0 Å². The van der Waals surface area contributed by atoms with Gasteiger partial charge in [-0.05, 0) is 51.0 Å². The second kappa shape index (κ2) is 3.33. The van der Waals surface area contributed by atoms with E-state index < -0.39 is 0 Å². The van der Waals surface area contributed by atoms with Crippen molar-refractivity contribution in [2.75, 3.05) is 0 Å². The molecular weight excluding hydrogens is 186 g/mol. The van der Waals surface area contributed by atoms with Crippen LogP contribution >= 0.6 is 0 Å². The molecule has 0 amide bonds. The van der Waals surface area contributed by atoms with E-state index in [1.807, 2.05) is 0 Å². The third kappa shape index (κ3) is 1.74. The van der Waals surface area contributed by atoms with Crippen LogP contribution in [0.15, 0.2) is 18.2 Å². The van der Waals surface area contributed by atoms with Crippen molar-refractivity contribution >= 4 is 0 Å². The zero-order chi connectivity index (χ0) is 11.2. The van der Waals surface area contributed by atoms with Crippen LogP contribution in [0.4, 0.5) is 0 Å². The Morgan fingerprint density at radius 1 is 1.00 bits per heavy atom. The summed E-state index contributed by atoms with van der Waals surface area (Å²) in [5, 5.41) is 0. The number of hydrogen-bond acceptors (Lipinski definition) is 0. The third-order valence-electron chi connectivity index (χ3n) is 2.63. The highest BCUT2D eigenvalue weighted by Crippen LogP contribution is 2.19. The summed E-state index contributed by atoms with van der Waals surface area (Å²) in [4.78, 5) is 6.57. The van der Waals surface area contributed by atoms with Gasteiger partial charge in [0.15, 0.2) is 0 Å². The monoisotopic (exact) mass is 205 g/mol. The molecule has 0 spiro atoms. The van der Waals surface area contributed by atoms with Crippen LogP contribution in [0.3, 0.4) is 0 Å². The van der Waals surface area contributed by atoms with Gasteiger partial charge in [0.2, 0.25) is 0 Å². The number of nitrogens with zero attached hydrogens (tertiary/aromatic N) is 3. The maximum Gasteiger partial charge on any atom is 0.0853 e. The Bertz CT molecular complexity index is 448. The molecule has 1 aromatic carbocycles. The molecule has 0 fully saturated rings. The largest absolute Gasteiger partial charge is 0.192 e. The fourth-order valence-electron chi connectivity index (χ4n) is 2.11. The highest BCUT2D eigenvalue weighted by Gasteiger charge is 2.17. The van der Waals surface area contributed by atoms with E-state index in [4.69, 9.17) is 0 Å². The predicted octanol–water partition coefficient (Wildman–Crippen LogP) is 2.82. The molecule has 0 aliphatic rings. The minimum atomic E-state index is 0.510. The van der Waals surface area contributed by atoms with Crippen LogP contribution in [0, 0.1) is 13.8 Å². The SMILES string of the molecule is Cc1cc(C)cc(-n2n(C)n2C(C)C)c1. The van der Waals surface area contributed by atoms with Crippen LogP contribution in [-0.4, -0.2) is 14.4 Å². The molecule has 0 bridgehead atoms. The van der Waals surface area contributed by atoms with Gasteiger partial charge in [0.25, 0.3) is 0 Å². The van der Waals surface area contributed by atoms with Gasteiger partial charge in [0, 0.05) is 7.05 Å². The molecule has 1 heterocycles. The summed E-state index contributed by atoms with van der Waals surface area (Å²) in [6, 6.07) is 7.14. The van der Waals surface area contributed by atoms with Crippen molar-refractivity contribution in [3.05, 3.63) is 29.3 Å². The van der Waals surface area contributed by atoms with Gasteiger partial charge in [-0.15, -0.1) is 0 Å². The molecular formula is C12H19N3. The summed E-state index contributed by atoms with van der Waals surface area (Å²) in [6.07, 6.45) is 0. The molecule has 0 saturated heterocycles. The van der Waals surface area contributed by atoms with Gasteiger partial charge in [-0.25, -0.2) is 0 Å². The molecule has 0 atom stereocenters. The van der Waals surface area contributed by atoms with Crippen LogP contribution in [0.25, 0.3) is 5.69 Å². The van der Waals surface area contributed by atoms with E-state index >= 15 is 0 Å². The van der Waals surface area contributed by atoms with Crippen LogP contribution in [0.2, 0.25) is 0 Å². The minimum absolute atomic E-state index is 0.510. The first-order valence-corrected chi connectivity index (χ1v) is 5.42. The van der Waals surface area contributed by atoms with Gasteiger partial charge in [0.05, 0.1) is 11.7 Å². The second-order valence-electron chi connectivity index (χ2n) is 4.54. The van der Waals surface area contributed by atoms with Crippen molar-refractivity contribution in [2.45, 2.75) is 33.7 Å². The Hall–Kier alpha value is -1.38. The number of aromatic nitrogens is 3. The van der Waals surface area contributed by atoms with E-state index in [0.29, 0.717) is 6.04 Å². The maximum absolute atomic E-state index is 2.23. The lowest BCUT2D eigenvalue weighted by Crippen LogP contribution is -1.97. The topological polar surface area (TPSA) is 14.8 Å². The number of rotatable bonds is 2. The van der Waals surface area contributed by atoms with E-state index in [1.54, 1.807) is 0 Å². The Labute approximate surface area is 90.8 Å². The second-order valence-corrected chi connectivity index (χ2v) is 4.54. The van der Waals surface area contributed by atoms with Gasteiger partial charge >= 0.3 is 0 Å². The van der Waals surface area contributed by atoms with Gasteiger partial charge in [-0.2, -0.15) is 14.4 Å². The van der Waals surface area contributed by atoms with Crippen molar-refractivity contribution in [3.8, 4) is 5.69 Å². The standard InChI is InChI=1S/C12H19N3/c1-9(2)14-13(5)15(14)12-7-10(3)6-11(4)8-12/h6-9H,1-5H3. The lowest BCUT2D eigenvalue weighted by molar-refractivity contribution is 0.549. The molecule has 82 valence electrons. The molecule has 15 heavy (non-hydrogen) atoms. The molecule has 0 aliphatic heterocycles. The molecule has 2 aromatic rings. The first-order valence-electron chi connectivity index (χ1n) is 5.42. The third-order valence-corrected chi connectivity index (χ3v) is 2.63. The fourth-order valence-corrected chi connectivity index (χ4v) is 2.11. The molecule has 0 radical (unpaired) electrons. The highest BCUT2D eigenvalue weighted by molar-refractivity contribution is 5.38. The van der Waals surface area contributed by atoms with Crippen LogP contribution in [0.5, 0.6) is 0 Å². The first kappa shape index (κ1) is 10.1. The van der Waals surface area contributed by atoms with Crippen molar-refractivity contribution in [1.29, 1.82) is 0 Å². The number of hydrogen-bond donors (Lipinski definition) is 0. The summed E-state index contributed by atoms with van der Waals surface area (Å²) in [5.41, 5.74) is 3.88. The van der Waals surface area contributed by atoms with E-state index in [1.165, 1.54) is 16.8 Å². The van der Waals surface area contributed by atoms with Gasteiger partial charge < -0.3 is 0 Å². The van der Waals surface area contributed by atoms with E-state index in [-0.39, 0.29) is 0 Å². The van der Waals surface area contributed by atoms with Crippen molar-refractivity contribution in [3.63, 3.8) is 0 Å². The van der Waals surface area contributed by atoms with Gasteiger partial charge in [0.1, 0.15) is 0 Å². The summed E-state index contributed by atoms with van der Waals surface area (Å²) in [5.74, 6) is 0. The zero-order valence-corrected chi connectivity index (χ0v) is 10.2. The Morgan fingerprint density at radius 3 is 1.93 bits per heavy atom. The lowest BCUT2D eigenvalue weighted by Gasteiger charge is -2.01. The van der Waals surface area contributed by atoms with Crippen LogP contribution in [-0.2, 0) is 7.05 Å². The first-order chi connectivity index (χ1) is 7.00. The molecule has 3 heteroatoms. The average molecular weight is 205 g/mol. The van der Waals surface area contributed by atoms with Gasteiger partial charge in [-0.1, -0.05) is 6.07 Å². The minimum Gasteiger partial charge on any atom is -0.192 e. The molecule has 1 aromatic heterocycles. The summed E-state index contributed by atoms with van der Waals surface area (Å²) < 4.78 is 0. The van der Waals surface area contributed by atoms with E-state index in [0.717, 1.165) is 0 Å². The van der Waals surface area contributed by atoms with Crippen LogP contribution < -0.4 is 0 Å². The fraction of sp³-hybridized carbons (Fsp3) is 0.500. The Kier molecular flexibility index (Phi) is 2.25. The van der Waals surface area contributed by atoms with Crippen LogP contribution in [0.1, 0.15) is 31.0 Å². The Balaban J connectivity index is 2.42. The van der Waals surface area contributed by atoms with E-state index in [9.17, 15) is 0 Å². The molecule has 0 unspecified atom stereocenters. The predicted molar refractivity (Wildman–Crippen MR) is 62.6 cm³/mol. The highest BCUT2D eigenvalue weighted by atomic mass is 15.9. The summed E-state index contributed by atoms with van der Waals surface area (Å²) in [7, 11) is 2.08. The molecule has 0 saturated carbocycles. The van der Waals surface area contributed by atoms with Crippen molar-refractivity contribution in [2.24, 2.45) is 7.05 Å². The van der Waals surface area contributed by atoms with E-state index in [2.05, 4.69) is 67.3 Å². The average Bonchev–Trinajstić information content (AvgIpc) is 2.75. The Morgan fingerprint density at radius 2 is 1.53 bits per heavy atom. The number of aryl methyl sites for hydroxylation is 2. The van der Waals surface area contributed by atoms with Crippen molar-refractivity contribution in [1.82, 2.24) is 14.4 Å². The normalized spacial score (nSPS) is 11.6. The molecule has 0 aliphatic carbocycles. The summed E-state index contributed by atoms with van der Waals surface area (Å²) >= 11 is 0. The quantitative estimate of drug-likeness (QED) is 0.716. The van der Waals surface area contributed by atoms with Gasteiger partial charge in [-0.3, -0.25) is 0 Å². The molecule has 2 rings (SSSR count).